The first-order valence-corrected chi connectivity index (χ1v) is 7.26. The van der Waals surface area contributed by atoms with Gasteiger partial charge in [-0.2, -0.15) is 0 Å². The van der Waals surface area contributed by atoms with Gasteiger partial charge in [0.25, 0.3) is 0 Å². The lowest BCUT2D eigenvalue weighted by molar-refractivity contribution is 0.185. The standard InChI is InChI=1S/C16H25FN2/c1-12(14-7-9-19(3)10-8-14)18-13(2)15-5-4-6-16(17)11-15/h4-6,11-14,18H,7-10H2,1-3H3/t12?,13-/m1/s1. The van der Waals surface area contributed by atoms with Crippen LogP contribution in [0.15, 0.2) is 24.3 Å². The topological polar surface area (TPSA) is 15.3 Å². The zero-order chi connectivity index (χ0) is 13.8. The third-order valence-electron chi connectivity index (χ3n) is 4.33. The first kappa shape index (κ1) is 14.5. The van der Waals surface area contributed by atoms with Crippen LogP contribution in [0.4, 0.5) is 4.39 Å². The first-order chi connectivity index (χ1) is 9.06. The molecule has 0 bridgehead atoms. The van der Waals surface area contributed by atoms with Gasteiger partial charge in [0.2, 0.25) is 0 Å². The number of hydrogen-bond donors (Lipinski definition) is 1. The Hall–Kier alpha value is -0.930. The quantitative estimate of drug-likeness (QED) is 0.898. The Morgan fingerprint density at radius 1 is 1.26 bits per heavy atom. The maximum Gasteiger partial charge on any atom is 0.123 e. The van der Waals surface area contributed by atoms with Crippen LogP contribution in [0.2, 0.25) is 0 Å². The highest BCUT2D eigenvalue weighted by Crippen LogP contribution is 2.22. The number of halogens is 1. The fourth-order valence-electron chi connectivity index (χ4n) is 2.93. The molecular weight excluding hydrogens is 239 g/mol. The summed E-state index contributed by atoms with van der Waals surface area (Å²) in [7, 11) is 2.18. The summed E-state index contributed by atoms with van der Waals surface area (Å²) in [6.07, 6.45) is 2.50. The lowest BCUT2D eigenvalue weighted by Crippen LogP contribution is -2.41. The fraction of sp³-hybridized carbons (Fsp3) is 0.625. The highest BCUT2D eigenvalue weighted by atomic mass is 19.1. The van der Waals surface area contributed by atoms with Gasteiger partial charge in [-0.25, -0.2) is 4.39 Å². The third kappa shape index (κ3) is 4.02. The Labute approximate surface area is 116 Å². The van der Waals surface area contributed by atoms with E-state index in [1.165, 1.54) is 32.0 Å². The average molecular weight is 264 g/mol. The molecule has 2 nitrogen and oxygen atoms in total. The smallest absolute Gasteiger partial charge is 0.123 e. The maximum absolute atomic E-state index is 13.2. The van der Waals surface area contributed by atoms with Gasteiger partial charge in [-0.15, -0.1) is 0 Å². The number of nitrogens with one attached hydrogen (secondary N) is 1. The molecule has 1 saturated heterocycles. The zero-order valence-electron chi connectivity index (χ0n) is 12.2. The normalized spacial score (nSPS) is 21.3. The largest absolute Gasteiger partial charge is 0.307 e. The molecule has 1 unspecified atom stereocenters. The second-order valence-corrected chi connectivity index (χ2v) is 5.87. The summed E-state index contributed by atoms with van der Waals surface area (Å²) >= 11 is 0. The van der Waals surface area contributed by atoms with Gasteiger partial charge in [-0.1, -0.05) is 12.1 Å². The van der Waals surface area contributed by atoms with Gasteiger partial charge in [0.1, 0.15) is 5.82 Å². The Balaban J connectivity index is 1.89. The van der Waals surface area contributed by atoms with Gasteiger partial charge in [-0.05, 0) is 70.4 Å². The maximum atomic E-state index is 13.2. The second-order valence-electron chi connectivity index (χ2n) is 5.87. The predicted octanol–water partition coefficient (Wildman–Crippen LogP) is 3.21. The van der Waals surface area contributed by atoms with Crippen molar-refractivity contribution in [3.63, 3.8) is 0 Å². The van der Waals surface area contributed by atoms with Crippen molar-refractivity contribution in [3.05, 3.63) is 35.6 Å². The molecule has 1 aromatic rings. The van der Waals surface area contributed by atoms with E-state index in [1.807, 2.05) is 6.07 Å². The minimum atomic E-state index is -0.155. The van der Waals surface area contributed by atoms with Crippen LogP contribution >= 0.6 is 0 Å². The second kappa shape index (κ2) is 6.49. The van der Waals surface area contributed by atoms with E-state index in [4.69, 9.17) is 0 Å². The van der Waals surface area contributed by atoms with Gasteiger partial charge in [0, 0.05) is 12.1 Å². The van der Waals surface area contributed by atoms with E-state index in [0.717, 1.165) is 11.5 Å². The molecule has 1 aliphatic rings. The SMILES string of the molecule is CC(N[C@H](C)c1cccc(F)c1)C1CCN(C)CC1. The van der Waals surface area contributed by atoms with Gasteiger partial charge in [-0.3, -0.25) is 0 Å². The van der Waals surface area contributed by atoms with Gasteiger partial charge in [0.15, 0.2) is 0 Å². The molecule has 19 heavy (non-hydrogen) atoms. The van der Waals surface area contributed by atoms with Crippen LogP contribution in [0.25, 0.3) is 0 Å². The Morgan fingerprint density at radius 3 is 2.58 bits per heavy atom. The molecule has 0 amide bonds. The van der Waals surface area contributed by atoms with Gasteiger partial charge < -0.3 is 10.2 Å². The van der Waals surface area contributed by atoms with Crippen molar-refractivity contribution >= 4 is 0 Å². The van der Waals surface area contributed by atoms with Crippen LogP contribution in [0.3, 0.4) is 0 Å². The van der Waals surface area contributed by atoms with Gasteiger partial charge in [0.05, 0.1) is 0 Å². The molecule has 0 saturated carbocycles. The van der Waals surface area contributed by atoms with Crippen molar-refractivity contribution in [3.8, 4) is 0 Å². The van der Waals surface area contributed by atoms with E-state index in [1.54, 1.807) is 12.1 Å². The molecule has 106 valence electrons. The summed E-state index contributed by atoms with van der Waals surface area (Å²) in [5.74, 6) is 0.574. The summed E-state index contributed by atoms with van der Waals surface area (Å²) in [6, 6.07) is 7.57. The molecule has 0 spiro atoms. The van der Waals surface area contributed by atoms with E-state index >= 15 is 0 Å². The molecule has 1 aliphatic heterocycles. The van der Waals surface area contributed by atoms with E-state index < -0.39 is 0 Å². The summed E-state index contributed by atoms with van der Waals surface area (Å²) in [5.41, 5.74) is 1.03. The summed E-state index contributed by atoms with van der Waals surface area (Å²) in [6.45, 7) is 6.74. The van der Waals surface area contributed by atoms with E-state index in [0.29, 0.717) is 6.04 Å². The van der Waals surface area contributed by atoms with Crippen molar-refractivity contribution in [1.29, 1.82) is 0 Å². The van der Waals surface area contributed by atoms with E-state index in [-0.39, 0.29) is 11.9 Å². The van der Waals surface area contributed by atoms with Gasteiger partial charge >= 0.3 is 0 Å². The van der Waals surface area contributed by atoms with Crippen LogP contribution in [-0.2, 0) is 0 Å². The minimum Gasteiger partial charge on any atom is -0.307 e. The summed E-state index contributed by atoms with van der Waals surface area (Å²) in [4.78, 5) is 2.39. The number of hydrogen-bond acceptors (Lipinski definition) is 2. The molecule has 1 N–H and O–H groups in total. The highest BCUT2D eigenvalue weighted by molar-refractivity contribution is 5.19. The lowest BCUT2D eigenvalue weighted by atomic mass is 9.90. The number of likely N-dealkylation sites (tertiary alicyclic amines) is 1. The lowest BCUT2D eigenvalue weighted by Gasteiger charge is -2.34. The van der Waals surface area contributed by atoms with E-state index in [9.17, 15) is 4.39 Å². The first-order valence-electron chi connectivity index (χ1n) is 7.26. The number of benzene rings is 1. The minimum absolute atomic E-state index is 0.155. The molecule has 3 heteroatoms. The molecule has 2 rings (SSSR count). The molecule has 1 fully saturated rings. The molecule has 1 heterocycles. The number of rotatable bonds is 4. The van der Waals surface area contributed by atoms with Crippen molar-refractivity contribution in [2.75, 3.05) is 20.1 Å². The summed E-state index contributed by atoms with van der Waals surface area (Å²) in [5, 5.41) is 3.62. The van der Waals surface area contributed by atoms with Crippen LogP contribution in [-0.4, -0.2) is 31.1 Å². The van der Waals surface area contributed by atoms with Crippen molar-refractivity contribution < 1.29 is 4.39 Å². The monoisotopic (exact) mass is 264 g/mol. The third-order valence-corrected chi connectivity index (χ3v) is 4.33. The summed E-state index contributed by atoms with van der Waals surface area (Å²) < 4.78 is 13.2. The average Bonchev–Trinajstić information content (AvgIpc) is 2.39. The molecule has 0 radical (unpaired) electrons. The van der Waals surface area contributed by atoms with E-state index in [2.05, 4.69) is 31.1 Å². The molecule has 0 aliphatic carbocycles. The highest BCUT2D eigenvalue weighted by Gasteiger charge is 2.23. The van der Waals surface area contributed by atoms with Crippen LogP contribution in [0.1, 0.15) is 38.3 Å². The van der Waals surface area contributed by atoms with Crippen LogP contribution in [0.5, 0.6) is 0 Å². The zero-order valence-corrected chi connectivity index (χ0v) is 12.2. The van der Waals surface area contributed by atoms with Crippen LogP contribution in [0, 0.1) is 11.7 Å². The van der Waals surface area contributed by atoms with Crippen molar-refractivity contribution in [1.82, 2.24) is 10.2 Å². The number of piperidine rings is 1. The number of nitrogens with zero attached hydrogens (tertiary/aromatic N) is 1. The molecule has 0 aromatic heterocycles. The van der Waals surface area contributed by atoms with Crippen LogP contribution < -0.4 is 5.32 Å². The predicted molar refractivity (Wildman–Crippen MR) is 77.6 cm³/mol. The molecule has 2 atom stereocenters. The Bertz CT molecular complexity index is 399. The van der Waals surface area contributed by atoms with Crippen molar-refractivity contribution in [2.45, 2.75) is 38.8 Å². The fourth-order valence-corrected chi connectivity index (χ4v) is 2.93. The Kier molecular flexibility index (Phi) is 4.94. The molecule has 1 aromatic carbocycles. The Morgan fingerprint density at radius 2 is 1.95 bits per heavy atom. The molecular formula is C16H25FN2. The van der Waals surface area contributed by atoms with Crippen molar-refractivity contribution in [2.24, 2.45) is 5.92 Å².